The van der Waals surface area contributed by atoms with E-state index in [-0.39, 0.29) is 17.4 Å². The Morgan fingerprint density at radius 1 is 1.26 bits per heavy atom. The van der Waals surface area contributed by atoms with Gasteiger partial charge in [-0.15, -0.1) is 0 Å². The normalized spacial score (nSPS) is 13.1. The van der Waals surface area contributed by atoms with Crippen LogP contribution in [0.4, 0.5) is 0 Å². The molecular formula is C16H26N2O. The smallest absolute Gasteiger partial charge is 0.225 e. The summed E-state index contributed by atoms with van der Waals surface area (Å²) in [7, 11) is 0. The third kappa shape index (κ3) is 5.03. The van der Waals surface area contributed by atoms with E-state index in [0.29, 0.717) is 13.0 Å². The zero-order valence-corrected chi connectivity index (χ0v) is 12.5. The Hall–Kier alpha value is -1.35. The van der Waals surface area contributed by atoms with Crippen LogP contribution >= 0.6 is 0 Å². The average molecular weight is 262 g/mol. The zero-order valence-electron chi connectivity index (χ0n) is 12.5. The molecule has 1 amide bonds. The van der Waals surface area contributed by atoms with Crippen molar-refractivity contribution in [3.05, 3.63) is 35.4 Å². The van der Waals surface area contributed by atoms with Crippen molar-refractivity contribution in [1.29, 1.82) is 0 Å². The monoisotopic (exact) mass is 262 g/mol. The van der Waals surface area contributed by atoms with Crippen LogP contribution in [-0.2, 0) is 17.6 Å². The predicted octanol–water partition coefficient (Wildman–Crippen LogP) is 2.28. The van der Waals surface area contributed by atoms with Gasteiger partial charge in [0.05, 0.1) is 5.92 Å². The summed E-state index contributed by atoms with van der Waals surface area (Å²) in [6, 6.07) is 8.26. The van der Waals surface area contributed by atoms with E-state index in [9.17, 15) is 4.79 Å². The Bertz CT molecular complexity index is 421. The van der Waals surface area contributed by atoms with Gasteiger partial charge in [0.1, 0.15) is 0 Å². The molecule has 0 spiro atoms. The molecule has 0 heterocycles. The summed E-state index contributed by atoms with van der Waals surface area (Å²) in [5.41, 5.74) is 8.08. The van der Waals surface area contributed by atoms with Crippen molar-refractivity contribution in [2.24, 2.45) is 11.7 Å². The van der Waals surface area contributed by atoms with Gasteiger partial charge in [-0.2, -0.15) is 0 Å². The molecule has 0 fully saturated rings. The highest BCUT2D eigenvalue weighted by Gasteiger charge is 2.22. The number of amides is 1. The highest BCUT2D eigenvalue weighted by atomic mass is 16.2. The molecule has 1 unspecified atom stereocenters. The molecule has 19 heavy (non-hydrogen) atoms. The van der Waals surface area contributed by atoms with Crippen molar-refractivity contribution in [2.45, 2.75) is 46.1 Å². The summed E-state index contributed by atoms with van der Waals surface area (Å²) in [6.45, 7) is 8.46. The summed E-state index contributed by atoms with van der Waals surface area (Å²) >= 11 is 0. The Balaban J connectivity index is 2.79. The van der Waals surface area contributed by atoms with Crippen molar-refractivity contribution in [1.82, 2.24) is 5.32 Å². The van der Waals surface area contributed by atoms with E-state index in [1.54, 1.807) is 0 Å². The van der Waals surface area contributed by atoms with E-state index >= 15 is 0 Å². The molecule has 3 heteroatoms. The minimum Gasteiger partial charge on any atom is -0.351 e. The number of aryl methyl sites for hydroxylation is 1. The molecule has 1 aromatic carbocycles. The van der Waals surface area contributed by atoms with Crippen molar-refractivity contribution in [3.63, 3.8) is 0 Å². The Morgan fingerprint density at radius 2 is 1.84 bits per heavy atom. The van der Waals surface area contributed by atoms with E-state index in [0.717, 1.165) is 6.42 Å². The first kappa shape index (κ1) is 15.7. The summed E-state index contributed by atoms with van der Waals surface area (Å²) in [5, 5.41) is 3.01. The van der Waals surface area contributed by atoms with Gasteiger partial charge < -0.3 is 11.1 Å². The molecule has 106 valence electrons. The standard InChI is InChI=1S/C16H26N2O/c1-5-12-8-6-7-9-13(12)10-14(11-17)15(19)18-16(2,3)4/h6-9,14H,5,10-11,17H2,1-4H3,(H,18,19). The van der Waals surface area contributed by atoms with Gasteiger partial charge in [0.25, 0.3) is 0 Å². The minimum atomic E-state index is -0.214. The van der Waals surface area contributed by atoms with Crippen LogP contribution in [0, 0.1) is 5.92 Å². The van der Waals surface area contributed by atoms with Crippen molar-refractivity contribution < 1.29 is 4.79 Å². The quantitative estimate of drug-likeness (QED) is 0.855. The fraction of sp³-hybridized carbons (Fsp3) is 0.562. The molecule has 3 nitrogen and oxygen atoms in total. The van der Waals surface area contributed by atoms with Crippen molar-refractivity contribution in [3.8, 4) is 0 Å². The van der Waals surface area contributed by atoms with Gasteiger partial charge in [0, 0.05) is 12.1 Å². The number of hydrogen-bond donors (Lipinski definition) is 2. The molecule has 1 atom stereocenters. The third-order valence-electron chi connectivity index (χ3n) is 3.12. The highest BCUT2D eigenvalue weighted by molar-refractivity contribution is 5.79. The maximum absolute atomic E-state index is 12.2. The van der Waals surface area contributed by atoms with Crippen LogP contribution in [0.1, 0.15) is 38.8 Å². The fourth-order valence-electron chi connectivity index (χ4n) is 2.12. The van der Waals surface area contributed by atoms with Gasteiger partial charge in [-0.25, -0.2) is 0 Å². The van der Waals surface area contributed by atoms with Gasteiger partial charge >= 0.3 is 0 Å². The largest absolute Gasteiger partial charge is 0.351 e. The van der Waals surface area contributed by atoms with Crippen LogP contribution in [0.25, 0.3) is 0 Å². The lowest BCUT2D eigenvalue weighted by Gasteiger charge is -2.24. The summed E-state index contributed by atoms with van der Waals surface area (Å²) in [6.07, 6.45) is 1.69. The van der Waals surface area contributed by atoms with Gasteiger partial charge in [-0.05, 0) is 44.7 Å². The number of nitrogens with two attached hydrogens (primary N) is 1. The Kier molecular flexibility index (Phi) is 5.55. The first-order valence-corrected chi connectivity index (χ1v) is 6.96. The first-order valence-electron chi connectivity index (χ1n) is 6.96. The molecule has 0 aliphatic rings. The third-order valence-corrected chi connectivity index (χ3v) is 3.12. The molecular weight excluding hydrogens is 236 g/mol. The maximum Gasteiger partial charge on any atom is 0.225 e. The molecule has 0 saturated heterocycles. The van der Waals surface area contributed by atoms with Crippen LogP contribution in [0.5, 0.6) is 0 Å². The van der Waals surface area contributed by atoms with Crippen LogP contribution in [0.15, 0.2) is 24.3 Å². The van der Waals surface area contributed by atoms with Crippen LogP contribution < -0.4 is 11.1 Å². The minimum absolute atomic E-state index is 0.0425. The molecule has 1 rings (SSSR count). The topological polar surface area (TPSA) is 55.1 Å². The van der Waals surface area contributed by atoms with Gasteiger partial charge in [0.15, 0.2) is 0 Å². The SMILES string of the molecule is CCc1ccccc1CC(CN)C(=O)NC(C)(C)C. The summed E-state index contributed by atoms with van der Waals surface area (Å²) < 4.78 is 0. The second kappa shape index (κ2) is 6.71. The number of rotatable bonds is 5. The summed E-state index contributed by atoms with van der Waals surface area (Å²) in [5.74, 6) is -0.118. The predicted molar refractivity (Wildman–Crippen MR) is 80.0 cm³/mol. The zero-order chi connectivity index (χ0) is 14.5. The van der Waals surface area contributed by atoms with Crippen LogP contribution in [0.3, 0.4) is 0 Å². The van der Waals surface area contributed by atoms with Crippen LogP contribution in [-0.4, -0.2) is 18.0 Å². The lowest BCUT2D eigenvalue weighted by atomic mass is 9.93. The number of benzene rings is 1. The molecule has 0 aliphatic carbocycles. The average Bonchev–Trinajstić information content (AvgIpc) is 2.34. The summed E-state index contributed by atoms with van der Waals surface area (Å²) in [4.78, 5) is 12.2. The molecule has 0 radical (unpaired) electrons. The Morgan fingerprint density at radius 3 is 2.32 bits per heavy atom. The molecule has 1 aromatic rings. The molecule has 0 aliphatic heterocycles. The number of carbonyl (C=O) groups is 1. The lowest BCUT2D eigenvalue weighted by molar-refractivity contribution is -0.126. The van der Waals surface area contributed by atoms with Gasteiger partial charge in [0.2, 0.25) is 5.91 Å². The fourth-order valence-corrected chi connectivity index (χ4v) is 2.12. The van der Waals surface area contributed by atoms with Gasteiger partial charge in [-0.1, -0.05) is 31.2 Å². The number of hydrogen-bond acceptors (Lipinski definition) is 2. The second-order valence-corrected chi connectivity index (χ2v) is 6.00. The number of nitrogens with one attached hydrogen (secondary N) is 1. The Labute approximate surface area is 116 Å². The van der Waals surface area contributed by atoms with Crippen molar-refractivity contribution in [2.75, 3.05) is 6.54 Å². The van der Waals surface area contributed by atoms with Crippen LogP contribution in [0.2, 0.25) is 0 Å². The molecule has 0 aromatic heterocycles. The maximum atomic E-state index is 12.2. The highest BCUT2D eigenvalue weighted by Crippen LogP contribution is 2.15. The van der Waals surface area contributed by atoms with E-state index in [4.69, 9.17) is 5.73 Å². The van der Waals surface area contributed by atoms with E-state index < -0.39 is 0 Å². The second-order valence-electron chi connectivity index (χ2n) is 6.00. The van der Waals surface area contributed by atoms with E-state index in [1.165, 1.54) is 11.1 Å². The lowest BCUT2D eigenvalue weighted by Crippen LogP contribution is -2.46. The molecule has 3 N–H and O–H groups in total. The first-order chi connectivity index (χ1) is 8.87. The van der Waals surface area contributed by atoms with E-state index in [2.05, 4.69) is 24.4 Å². The van der Waals surface area contributed by atoms with E-state index in [1.807, 2.05) is 32.9 Å². The molecule has 0 bridgehead atoms. The molecule has 0 saturated carbocycles. The van der Waals surface area contributed by atoms with Gasteiger partial charge in [-0.3, -0.25) is 4.79 Å². The number of carbonyl (C=O) groups excluding carboxylic acids is 1. The van der Waals surface area contributed by atoms with Crippen molar-refractivity contribution >= 4 is 5.91 Å².